The van der Waals surface area contributed by atoms with Crippen molar-refractivity contribution in [1.82, 2.24) is 5.32 Å². The fourth-order valence-corrected chi connectivity index (χ4v) is 1.12. The topological polar surface area (TPSA) is 64.6 Å². The van der Waals surface area contributed by atoms with Gasteiger partial charge in [0.25, 0.3) is 0 Å². The fraction of sp³-hybridized carbons (Fsp3) is 0.800. The molecule has 1 N–H and O–H groups in total. The summed E-state index contributed by atoms with van der Waals surface area (Å²) in [6.45, 7) is 4.20. The van der Waals surface area contributed by atoms with Crippen molar-refractivity contribution in [3.63, 3.8) is 0 Å². The van der Waals surface area contributed by atoms with E-state index in [1.165, 1.54) is 0 Å². The van der Waals surface area contributed by atoms with E-state index >= 15 is 0 Å². The van der Waals surface area contributed by atoms with Gasteiger partial charge >= 0.3 is 11.9 Å². The molecule has 0 aromatic carbocycles. The molecule has 0 saturated carbocycles. The maximum Gasteiger partial charge on any atom is 0.323 e. The second-order valence-electron chi connectivity index (χ2n) is 2.94. The first-order valence-electron chi connectivity index (χ1n) is 5.15. The smallest absolute Gasteiger partial charge is 0.323 e. The molecule has 0 radical (unpaired) electrons. The molecular formula is C10H19NO4. The molecule has 0 rings (SSSR count). The Morgan fingerprint density at radius 1 is 1.20 bits per heavy atom. The molecule has 0 aromatic rings. The zero-order chi connectivity index (χ0) is 11.7. The van der Waals surface area contributed by atoms with Gasteiger partial charge in [-0.25, -0.2) is 0 Å². The highest BCUT2D eigenvalue weighted by atomic mass is 16.5. The van der Waals surface area contributed by atoms with Gasteiger partial charge in [0, 0.05) is 6.42 Å². The second kappa shape index (κ2) is 8.23. The van der Waals surface area contributed by atoms with E-state index in [2.05, 4.69) is 5.32 Å². The first-order chi connectivity index (χ1) is 7.15. The van der Waals surface area contributed by atoms with Gasteiger partial charge in [0.1, 0.15) is 6.04 Å². The molecule has 0 aliphatic heterocycles. The number of hydrogen-bond donors (Lipinski definition) is 1. The van der Waals surface area contributed by atoms with Crippen LogP contribution in [0.5, 0.6) is 0 Å². The normalized spacial score (nSPS) is 11.9. The summed E-state index contributed by atoms with van der Waals surface area (Å²) in [7, 11) is 1.66. The maximum absolute atomic E-state index is 11.3. The summed E-state index contributed by atoms with van der Waals surface area (Å²) in [4.78, 5) is 22.3. The van der Waals surface area contributed by atoms with Gasteiger partial charge in [-0.1, -0.05) is 0 Å². The Morgan fingerprint density at radius 2 is 1.80 bits per heavy atom. The molecule has 0 heterocycles. The van der Waals surface area contributed by atoms with Gasteiger partial charge in [-0.05, 0) is 27.3 Å². The van der Waals surface area contributed by atoms with Crippen molar-refractivity contribution in [2.75, 3.05) is 20.3 Å². The SMILES string of the molecule is CCOC(=O)CCC(NC)C(=O)OCC. The second-order valence-corrected chi connectivity index (χ2v) is 2.94. The number of hydrogen-bond acceptors (Lipinski definition) is 5. The van der Waals surface area contributed by atoms with Crippen molar-refractivity contribution >= 4 is 11.9 Å². The van der Waals surface area contributed by atoms with Crippen LogP contribution >= 0.6 is 0 Å². The number of carbonyl (C=O) groups is 2. The third-order valence-electron chi connectivity index (χ3n) is 1.86. The van der Waals surface area contributed by atoms with Crippen molar-refractivity contribution in [2.45, 2.75) is 32.7 Å². The number of rotatable bonds is 7. The van der Waals surface area contributed by atoms with Gasteiger partial charge in [0.2, 0.25) is 0 Å². The van der Waals surface area contributed by atoms with Gasteiger partial charge in [-0.2, -0.15) is 0 Å². The Hall–Kier alpha value is -1.10. The van der Waals surface area contributed by atoms with Crippen LogP contribution in [0, 0.1) is 0 Å². The van der Waals surface area contributed by atoms with Crippen LogP contribution in [-0.2, 0) is 19.1 Å². The zero-order valence-corrected chi connectivity index (χ0v) is 9.54. The van der Waals surface area contributed by atoms with E-state index in [1.54, 1.807) is 20.9 Å². The molecule has 1 unspecified atom stereocenters. The standard InChI is InChI=1S/C10H19NO4/c1-4-14-9(12)7-6-8(11-3)10(13)15-5-2/h8,11H,4-7H2,1-3H3. The summed E-state index contributed by atoms with van der Waals surface area (Å²) < 4.78 is 9.59. The van der Waals surface area contributed by atoms with E-state index in [1.807, 2.05) is 0 Å². The number of nitrogens with one attached hydrogen (secondary N) is 1. The molecular weight excluding hydrogens is 198 g/mol. The summed E-state index contributed by atoms with van der Waals surface area (Å²) >= 11 is 0. The predicted molar refractivity (Wildman–Crippen MR) is 55.3 cm³/mol. The predicted octanol–water partition coefficient (Wildman–Crippen LogP) is 0.481. The third kappa shape index (κ3) is 6.06. The van der Waals surface area contributed by atoms with Crippen molar-refractivity contribution in [3.8, 4) is 0 Å². The highest BCUT2D eigenvalue weighted by Crippen LogP contribution is 2.01. The summed E-state index contributed by atoms with van der Waals surface area (Å²) in [5, 5.41) is 2.80. The molecule has 5 heteroatoms. The summed E-state index contributed by atoms with van der Waals surface area (Å²) in [5.74, 6) is -0.619. The molecule has 0 aliphatic rings. The lowest BCUT2D eigenvalue weighted by atomic mass is 10.1. The number of ether oxygens (including phenoxy) is 2. The molecule has 0 aromatic heterocycles. The van der Waals surface area contributed by atoms with Gasteiger partial charge in [-0.3, -0.25) is 9.59 Å². The Kier molecular flexibility index (Phi) is 7.62. The van der Waals surface area contributed by atoms with Crippen LogP contribution in [0.1, 0.15) is 26.7 Å². The zero-order valence-electron chi connectivity index (χ0n) is 9.54. The lowest BCUT2D eigenvalue weighted by Crippen LogP contribution is -2.36. The van der Waals surface area contributed by atoms with Crippen LogP contribution < -0.4 is 5.32 Å². The Bertz CT molecular complexity index is 206. The third-order valence-corrected chi connectivity index (χ3v) is 1.86. The minimum Gasteiger partial charge on any atom is -0.466 e. The average molecular weight is 217 g/mol. The van der Waals surface area contributed by atoms with Crippen molar-refractivity contribution in [3.05, 3.63) is 0 Å². The van der Waals surface area contributed by atoms with E-state index in [-0.39, 0.29) is 18.4 Å². The van der Waals surface area contributed by atoms with Crippen LogP contribution in [-0.4, -0.2) is 38.2 Å². The van der Waals surface area contributed by atoms with Gasteiger partial charge < -0.3 is 14.8 Å². The molecule has 88 valence electrons. The first-order valence-corrected chi connectivity index (χ1v) is 5.15. The van der Waals surface area contributed by atoms with Crippen molar-refractivity contribution < 1.29 is 19.1 Å². The molecule has 1 atom stereocenters. The quantitative estimate of drug-likeness (QED) is 0.628. The lowest BCUT2D eigenvalue weighted by Gasteiger charge is -2.13. The highest BCUT2D eigenvalue weighted by molar-refractivity contribution is 5.77. The minimum absolute atomic E-state index is 0.220. The monoisotopic (exact) mass is 217 g/mol. The van der Waals surface area contributed by atoms with Crippen LogP contribution in [0.15, 0.2) is 0 Å². The fourth-order valence-electron chi connectivity index (χ4n) is 1.12. The number of esters is 2. The molecule has 5 nitrogen and oxygen atoms in total. The Balaban J connectivity index is 3.89. The molecule has 15 heavy (non-hydrogen) atoms. The van der Waals surface area contributed by atoms with E-state index in [0.29, 0.717) is 19.6 Å². The molecule has 0 amide bonds. The van der Waals surface area contributed by atoms with E-state index in [9.17, 15) is 9.59 Å². The Morgan fingerprint density at radius 3 is 2.27 bits per heavy atom. The summed E-state index contributed by atoms with van der Waals surface area (Å²) in [6, 6.07) is -0.436. The molecule has 0 spiro atoms. The highest BCUT2D eigenvalue weighted by Gasteiger charge is 2.18. The first kappa shape index (κ1) is 13.9. The van der Waals surface area contributed by atoms with E-state index in [0.717, 1.165) is 0 Å². The van der Waals surface area contributed by atoms with Crippen LogP contribution in [0.3, 0.4) is 0 Å². The lowest BCUT2D eigenvalue weighted by molar-refractivity contribution is -0.146. The molecule has 0 fully saturated rings. The number of carbonyl (C=O) groups excluding carboxylic acids is 2. The van der Waals surface area contributed by atoms with Crippen molar-refractivity contribution in [2.24, 2.45) is 0 Å². The summed E-state index contributed by atoms with van der Waals surface area (Å²) in [6.07, 6.45) is 0.617. The van der Waals surface area contributed by atoms with Gasteiger partial charge in [-0.15, -0.1) is 0 Å². The minimum atomic E-state index is -0.436. The largest absolute Gasteiger partial charge is 0.466 e. The van der Waals surface area contributed by atoms with E-state index < -0.39 is 6.04 Å². The summed E-state index contributed by atoms with van der Waals surface area (Å²) in [5.41, 5.74) is 0. The average Bonchev–Trinajstić information content (AvgIpc) is 2.19. The molecule has 0 bridgehead atoms. The van der Waals surface area contributed by atoms with E-state index in [4.69, 9.17) is 9.47 Å². The Labute approximate surface area is 90.1 Å². The maximum atomic E-state index is 11.3. The molecule has 0 saturated heterocycles. The van der Waals surface area contributed by atoms with Crippen LogP contribution in [0.25, 0.3) is 0 Å². The van der Waals surface area contributed by atoms with Gasteiger partial charge in [0.15, 0.2) is 0 Å². The van der Waals surface area contributed by atoms with Gasteiger partial charge in [0.05, 0.1) is 13.2 Å². The molecule has 0 aliphatic carbocycles. The van der Waals surface area contributed by atoms with Crippen molar-refractivity contribution in [1.29, 1.82) is 0 Å². The van der Waals surface area contributed by atoms with Crippen LogP contribution in [0.2, 0.25) is 0 Å². The number of likely N-dealkylation sites (N-methyl/N-ethyl adjacent to an activating group) is 1. The van der Waals surface area contributed by atoms with Crippen LogP contribution in [0.4, 0.5) is 0 Å².